The van der Waals surface area contributed by atoms with E-state index in [2.05, 4.69) is 78.3 Å². The fourth-order valence-electron chi connectivity index (χ4n) is 11.9. The van der Waals surface area contributed by atoms with Crippen molar-refractivity contribution in [3.05, 3.63) is 132 Å². The van der Waals surface area contributed by atoms with Crippen LogP contribution in [-0.2, 0) is 59.8 Å². The minimum atomic E-state index is -5.14. The van der Waals surface area contributed by atoms with Crippen LogP contribution >= 0.6 is 23.5 Å². The van der Waals surface area contributed by atoms with Crippen LogP contribution in [0, 0.1) is 23.7 Å². The van der Waals surface area contributed by atoms with Gasteiger partial charge in [-0.25, -0.2) is 13.7 Å². The highest BCUT2D eigenvalue weighted by atomic mass is 31.2. The molecule has 18 nitrogen and oxygen atoms in total. The topological polar surface area (TPSA) is 245 Å². The number of aliphatic hydroxyl groups is 2. The second-order valence-corrected chi connectivity index (χ2v) is 25.0. The molecule has 0 bridgehead atoms. The molecule has 418 valence electrons. The van der Waals surface area contributed by atoms with Gasteiger partial charge >= 0.3 is 23.5 Å². The molecule has 81 heavy (non-hydrogen) atoms. The molecule has 0 aliphatic carbocycles. The number of benzene rings is 9. The third kappa shape index (κ3) is 11.1. The third-order valence-electron chi connectivity index (χ3n) is 15.7. The molecule has 0 radical (unpaired) electrons. The predicted molar refractivity (Wildman–Crippen MR) is 302 cm³/mol. The maximum atomic E-state index is 14.1. The summed E-state index contributed by atoms with van der Waals surface area (Å²) in [4.78, 5) is 33.2. The molecule has 4 aliphatic rings. The molecule has 0 saturated carbocycles. The Hall–Kier alpha value is -5.47. The first-order valence-corrected chi connectivity index (χ1v) is 31.2. The quantitative estimate of drug-likeness (QED) is 0.0261. The zero-order valence-corrected chi connectivity index (χ0v) is 46.0. The zero-order chi connectivity index (χ0) is 55.6. The molecule has 13 atom stereocenters. The van der Waals surface area contributed by atoms with E-state index in [9.17, 15) is 38.6 Å². The summed E-state index contributed by atoms with van der Waals surface area (Å²) in [5.74, 6) is 12.8. The first kappa shape index (κ1) is 54.8. The van der Waals surface area contributed by atoms with Gasteiger partial charge in [0.1, 0.15) is 54.9 Å². The van der Waals surface area contributed by atoms with E-state index in [-0.39, 0.29) is 32.5 Å². The Kier molecular flexibility index (Phi) is 15.1. The van der Waals surface area contributed by atoms with Crippen LogP contribution in [0.15, 0.2) is 121 Å². The molecule has 0 spiro atoms. The number of hydrogen-bond acceptors (Lipinski definition) is 15. The highest BCUT2D eigenvalue weighted by molar-refractivity contribution is 7.48. The molecule has 0 amide bonds. The van der Waals surface area contributed by atoms with Crippen molar-refractivity contribution < 1.29 is 84.7 Å². The number of phosphoric ester groups is 3. The molecular formula is C60H55O18P3. The Balaban J connectivity index is 0.752. The van der Waals surface area contributed by atoms with Gasteiger partial charge in [-0.3, -0.25) is 27.1 Å². The zero-order valence-electron chi connectivity index (χ0n) is 43.3. The van der Waals surface area contributed by atoms with E-state index < -0.39 is 111 Å². The molecule has 13 rings (SSSR count). The van der Waals surface area contributed by atoms with Crippen LogP contribution in [0.4, 0.5) is 0 Å². The number of phosphoric acid groups is 3. The van der Waals surface area contributed by atoms with Crippen molar-refractivity contribution >= 4 is 98.9 Å². The van der Waals surface area contributed by atoms with Gasteiger partial charge in [-0.2, -0.15) is 0 Å². The van der Waals surface area contributed by atoms with Crippen molar-refractivity contribution in [1.82, 2.24) is 0 Å². The van der Waals surface area contributed by atoms with E-state index in [1.165, 1.54) is 5.39 Å². The van der Waals surface area contributed by atoms with Crippen LogP contribution in [0.5, 0.6) is 0 Å². The van der Waals surface area contributed by atoms with Gasteiger partial charge in [-0.15, -0.1) is 0 Å². The SMILES string of the molecule is O=P(O)(OC[C@H]1O[C@@H](C#Cc2ccc3ccc4cccc5ccc2c3c45)C[C@@H]1OP(=O)(O)OC[C@H]1O[C@@H](C#Cc2ccc3c4cccc5cccc(c6cccc2c63)c54)C[C@@H]1OP(=O)(O)OC[C@H]1OCC[C@@H]1O)O[C@H]1CCO[C@@H]1CO. The molecule has 9 aromatic carbocycles. The molecule has 4 heterocycles. The molecule has 21 heteroatoms. The van der Waals surface area contributed by atoms with Crippen molar-refractivity contribution in [3.8, 4) is 23.7 Å². The molecule has 4 fully saturated rings. The van der Waals surface area contributed by atoms with E-state index in [1.54, 1.807) is 0 Å². The van der Waals surface area contributed by atoms with Crippen LogP contribution in [0.1, 0.15) is 36.8 Å². The molecule has 5 N–H and O–H groups in total. The highest BCUT2D eigenvalue weighted by Gasteiger charge is 2.46. The Labute approximate surface area is 464 Å². The Morgan fingerprint density at radius 2 is 0.877 bits per heavy atom. The third-order valence-corrected chi connectivity index (χ3v) is 18.7. The smallest absolute Gasteiger partial charge is 0.394 e. The van der Waals surface area contributed by atoms with Crippen LogP contribution in [0.3, 0.4) is 0 Å². The fourth-order valence-corrected chi connectivity index (χ4v) is 14.8. The minimum absolute atomic E-state index is 0.0949. The van der Waals surface area contributed by atoms with Gasteiger partial charge in [-0.1, -0.05) is 133 Å². The standard InChI is InChI=1S/C60H55O18P3/c61-31-53-50(26-28-69-53)76-79(63,64)72-33-55-52(29-41(74-55)21-17-35-13-14-40-16-15-38-5-1-6-39-20-23-44(35)59(40)57(38)39)78-81(67,68)73-34-56-51(77-80(65,66)71-32-54-49(62)25-27-70-54)30-42(75-56)22-18-36-19-24-48-46-11-3-8-37-7-2-10-45(58(37)46)47-12-4-9-43(36)60(47)48/h1-16,19-20,23-24,41-42,49-56,61-62H,25-34H2,(H,63,64)(H,65,66)(H,67,68)/t41-,42-,49-,50-,51-,52-,53+,54+,55+,56+/m0/s1. The molecule has 3 unspecified atom stereocenters. The summed E-state index contributed by atoms with van der Waals surface area (Å²) in [5.41, 5.74) is 1.40. The maximum absolute atomic E-state index is 14.1. The number of fused-ring (bicyclic) bond motifs is 2. The summed E-state index contributed by atoms with van der Waals surface area (Å²) in [6, 6.07) is 40.8. The molecule has 4 saturated heterocycles. The van der Waals surface area contributed by atoms with Crippen LogP contribution in [0.25, 0.3) is 75.4 Å². The first-order valence-electron chi connectivity index (χ1n) is 26.7. The molecule has 9 aromatic rings. The highest BCUT2D eigenvalue weighted by Crippen LogP contribution is 2.52. The predicted octanol–water partition coefficient (Wildman–Crippen LogP) is 9.79. The lowest BCUT2D eigenvalue weighted by atomic mass is 9.88. The van der Waals surface area contributed by atoms with E-state index in [0.717, 1.165) is 70.0 Å². The van der Waals surface area contributed by atoms with Gasteiger partial charge in [0, 0.05) is 43.6 Å². The van der Waals surface area contributed by atoms with Gasteiger partial charge in [0.2, 0.25) is 0 Å². The summed E-state index contributed by atoms with van der Waals surface area (Å²) in [7, 11) is -14.9. The Morgan fingerprint density at radius 3 is 1.46 bits per heavy atom. The van der Waals surface area contributed by atoms with Crippen molar-refractivity contribution in [3.63, 3.8) is 0 Å². The lowest BCUT2D eigenvalue weighted by molar-refractivity contribution is -0.0363. The fraction of sp³-hybridized carbons (Fsp3) is 0.333. The maximum Gasteiger partial charge on any atom is 0.472 e. The molecule has 4 aliphatic heterocycles. The van der Waals surface area contributed by atoms with E-state index in [0.29, 0.717) is 17.5 Å². The van der Waals surface area contributed by atoms with E-state index >= 15 is 0 Å². The van der Waals surface area contributed by atoms with Crippen molar-refractivity contribution in [2.45, 2.75) is 86.7 Å². The largest absolute Gasteiger partial charge is 0.472 e. The molecule has 0 aromatic heterocycles. The van der Waals surface area contributed by atoms with Crippen LogP contribution < -0.4 is 0 Å². The number of rotatable bonds is 16. The lowest BCUT2D eigenvalue weighted by Crippen LogP contribution is -2.31. The average Bonchev–Trinajstić information content (AvgIpc) is 4.43. The number of ether oxygens (including phenoxy) is 4. The second kappa shape index (κ2) is 22.3. The Bertz CT molecular complexity index is 4070. The van der Waals surface area contributed by atoms with Gasteiger partial charge < -0.3 is 43.8 Å². The normalized spacial score (nSPS) is 27.3. The van der Waals surface area contributed by atoms with Crippen molar-refractivity contribution in [2.24, 2.45) is 0 Å². The lowest BCUT2D eigenvalue weighted by Gasteiger charge is -2.25. The van der Waals surface area contributed by atoms with Crippen LogP contribution in [0.2, 0.25) is 0 Å². The minimum Gasteiger partial charge on any atom is -0.394 e. The van der Waals surface area contributed by atoms with Gasteiger partial charge in [0.15, 0.2) is 0 Å². The van der Waals surface area contributed by atoms with Crippen LogP contribution in [-0.4, -0.2) is 126 Å². The monoisotopic (exact) mass is 1160 g/mol. The van der Waals surface area contributed by atoms with Gasteiger partial charge in [-0.05, 0) is 94.0 Å². The van der Waals surface area contributed by atoms with E-state index in [1.807, 2.05) is 66.7 Å². The van der Waals surface area contributed by atoms with Crippen molar-refractivity contribution in [2.75, 3.05) is 39.6 Å². The summed E-state index contributed by atoms with van der Waals surface area (Å²) < 4.78 is 97.3. The molecular weight excluding hydrogens is 1100 g/mol. The van der Waals surface area contributed by atoms with E-state index in [4.69, 9.17) is 46.1 Å². The second-order valence-electron chi connectivity index (χ2n) is 20.8. The summed E-state index contributed by atoms with van der Waals surface area (Å²) >= 11 is 0. The number of hydrogen-bond donors (Lipinski definition) is 5. The number of aliphatic hydroxyl groups excluding tert-OH is 2. The summed E-state index contributed by atoms with van der Waals surface area (Å²) in [6.07, 6.45) is -10.3. The average molecular weight is 1160 g/mol. The first-order chi connectivity index (χ1) is 39.2. The summed E-state index contributed by atoms with van der Waals surface area (Å²) in [5, 5.41) is 34.9. The Morgan fingerprint density at radius 1 is 0.457 bits per heavy atom. The van der Waals surface area contributed by atoms with Crippen molar-refractivity contribution in [1.29, 1.82) is 0 Å². The van der Waals surface area contributed by atoms with Gasteiger partial charge in [0.05, 0.1) is 32.5 Å². The van der Waals surface area contributed by atoms with Gasteiger partial charge in [0.25, 0.3) is 0 Å². The summed E-state index contributed by atoms with van der Waals surface area (Å²) in [6.45, 7) is -1.85.